The highest BCUT2D eigenvalue weighted by molar-refractivity contribution is 7.99. The van der Waals surface area contributed by atoms with E-state index in [2.05, 4.69) is 29.0 Å². The summed E-state index contributed by atoms with van der Waals surface area (Å²) >= 11 is 1.84. The van der Waals surface area contributed by atoms with Crippen LogP contribution in [0.25, 0.3) is 22.3 Å². The predicted octanol–water partition coefficient (Wildman–Crippen LogP) is 4.09. The Morgan fingerprint density at radius 2 is 1.86 bits per heavy atom. The zero-order valence-corrected chi connectivity index (χ0v) is 12.6. The van der Waals surface area contributed by atoms with E-state index in [4.69, 9.17) is 0 Å². The number of thioether (sulfide) groups is 1. The van der Waals surface area contributed by atoms with Gasteiger partial charge in [-0.1, -0.05) is 31.2 Å². The first kappa shape index (κ1) is 13.9. The molecule has 3 rings (SSSR count). The number of aromatic amines is 1. The van der Waals surface area contributed by atoms with Crippen LogP contribution in [0, 0.1) is 0 Å². The van der Waals surface area contributed by atoms with E-state index < -0.39 is 0 Å². The molecule has 3 nitrogen and oxygen atoms in total. The number of rotatable bonds is 4. The van der Waals surface area contributed by atoms with Crippen molar-refractivity contribution in [1.82, 2.24) is 9.97 Å². The zero-order chi connectivity index (χ0) is 14.7. The lowest BCUT2D eigenvalue weighted by atomic mass is 10.2. The maximum atomic E-state index is 12.1. The molecule has 0 aliphatic carbocycles. The molecule has 2 aromatic carbocycles. The van der Waals surface area contributed by atoms with E-state index in [9.17, 15) is 4.79 Å². The average molecular weight is 296 g/mol. The van der Waals surface area contributed by atoms with Crippen molar-refractivity contribution >= 4 is 22.7 Å². The Hall–Kier alpha value is -2.07. The van der Waals surface area contributed by atoms with Crippen molar-refractivity contribution in [2.24, 2.45) is 0 Å². The van der Waals surface area contributed by atoms with E-state index in [0.29, 0.717) is 11.2 Å². The molecule has 106 valence electrons. The second-order valence-corrected chi connectivity index (χ2v) is 5.97. The fourth-order valence-electron chi connectivity index (χ4n) is 2.15. The summed E-state index contributed by atoms with van der Waals surface area (Å²) in [6.45, 7) is 2.17. The van der Waals surface area contributed by atoms with Crippen molar-refractivity contribution in [1.29, 1.82) is 0 Å². The van der Waals surface area contributed by atoms with Crippen LogP contribution in [0.5, 0.6) is 0 Å². The number of para-hydroxylation sites is 1. The van der Waals surface area contributed by atoms with Crippen molar-refractivity contribution < 1.29 is 0 Å². The molecule has 0 atom stereocenters. The van der Waals surface area contributed by atoms with Gasteiger partial charge < -0.3 is 4.98 Å². The van der Waals surface area contributed by atoms with Gasteiger partial charge in [0, 0.05) is 10.5 Å². The fraction of sp³-hybridized carbons (Fsp3) is 0.176. The van der Waals surface area contributed by atoms with Crippen LogP contribution in [0.15, 0.2) is 58.2 Å². The number of H-pyrrole nitrogens is 1. The smallest absolute Gasteiger partial charge is 0.259 e. The normalized spacial score (nSPS) is 10.9. The maximum absolute atomic E-state index is 12.1. The van der Waals surface area contributed by atoms with Crippen LogP contribution in [0.4, 0.5) is 0 Å². The van der Waals surface area contributed by atoms with Crippen LogP contribution < -0.4 is 5.56 Å². The van der Waals surface area contributed by atoms with E-state index in [1.165, 1.54) is 4.90 Å². The molecule has 0 bridgehead atoms. The van der Waals surface area contributed by atoms with Gasteiger partial charge in [-0.15, -0.1) is 11.8 Å². The summed E-state index contributed by atoms with van der Waals surface area (Å²) in [5.74, 6) is 1.73. The molecule has 0 saturated carbocycles. The van der Waals surface area contributed by atoms with Crippen LogP contribution in [0.2, 0.25) is 0 Å². The Balaban J connectivity index is 1.98. The van der Waals surface area contributed by atoms with Gasteiger partial charge in [0.15, 0.2) is 0 Å². The van der Waals surface area contributed by atoms with Gasteiger partial charge in [-0.25, -0.2) is 4.98 Å². The highest BCUT2D eigenvalue weighted by Gasteiger charge is 2.05. The van der Waals surface area contributed by atoms with E-state index in [0.717, 1.165) is 23.3 Å². The summed E-state index contributed by atoms with van der Waals surface area (Å²) in [6.07, 6.45) is 1.16. The molecule has 0 amide bonds. The number of hydrogen-bond acceptors (Lipinski definition) is 3. The number of aromatic nitrogens is 2. The molecule has 0 radical (unpaired) electrons. The predicted molar refractivity (Wildman–Crippen MR) is 88.8 cm³/mol. The largest absolute Gasteiger partial charge is 0.306 e. The topological polar surface area (TPSA) is 45.8 Å². The number of nitrogens with zero attached hydrogens (tertiary/aromatic N) is 1. The summed E-state index contributed by atoms with van der Waals surface area (Å²) < 4.78 is 0. The van der Waals surface area contributed by atoms with Crippen LogP contribution in [-0.2, 0) is 0 Å². The Kier molecular flexibility index (Phi) is 4.06. The molecule has 1 aromatic heterocycles. The lowest BCUT2D eigenvalue weighted by molar-refractivity contribution is 1.10. The highest BCUT2D eigenvalue weighted by atomic mass is 32.2. The van der Waals surface area contributed by atoms with Crippen LogP contribution in [0.1, 0.15) is 13.3 Å². The molecular formula is C17H16N2OS. The molecule has 0 unspecified atom stereocenters. The molecule has 0 spiro atoms. The summed E-state index contributed by atoms with van der Waals surface area (Å²) in [7, 11) is 0. The molecule has 1 N–H and O–H groups in total. The summed E-state index contributed by atoms with van der Waals surface area (Å²) in [5, 5.41) is 0.622. The number of benzene rings is 2. The highest BCUT2D eigenvalue weighted by Crippen LogP contribution is 2.23. The Labute approximate surface area is 127 Å². The maximum Gasteiger partial charge on any atom is 0.259 e. The third-order valence-electron chi connectivity index (χ3n) is 3.21. The average Bonchev–Trinajstić information content (AvgIpc) is 2.53. The van der Waals surface area contributed by atoms with Crippen molar-refractivity contribution in [3.05, 3.63) is 58.9 Å². The fourth-order valence-corrected chi connectivity index (χ4v) is 2.92. The van der Waals surface area contributed by atoms with Gasteiger partial charge in [-0.2, -0.15) is 0 Å². The standard InChI is InChI=1S/C17H16N2OS/c1-2-11-21-13-9-7-12(8-10-13)16-18-15-6-4-3-5-14(15)17(20)19-16/h3-10H,2,11H2,1H3,(H,18,19,20). The van der Waals surface area contributed by atoms with Gasteiger partial charge in [-0.3, -0.25) is 4.79 Å². The first-order chi connectivity index (χ1) is 10.3. The molecule has 1 heterocycles. The minimum atomic E-state index is -0.0972. The first-order valence-corrected chi connectivity index (χ1v) is 7.99. The Morgan fingerprint density at radius 1 is 1.10 bits per heavy atom. The monoisotopic (exact) mass is 296 g/mol. The number of nitrogens with one attached hydrogen (secondary N) is 1. The molecule has 4 heteroatoms. The molecule has 0 saturated heterocycles. The van der Waals surface area contributed by atoms with E-state index in [-0.39, 0.29) is 5.56 Å². The van der Waals surface area contributed by atoms with E-state index in [1.54, 1.807) is 6.07 Å². The number of hydrogen-bond donors (Lipinski definition) is 1. The number of fused-ring (bicyclic) bond motifs is 1. The Bertz CT molecular complexity index is 809. The van der Waals surface area contributed by atoms with Gasteiger partial charge in [0.2, 0.25) is 0 Å². The second kappa shape index (κ2) is 6.14. The SMILES string of the molecule is CCCSc1ccc(-c2nc3ccccc3c(=O)[nH]2)cc1. The van der Waals surface area contributed by atoms with Gasteiger partial charge in [0.25, 0.3) is 5.56 Å². The second-order valence-electron chi connectivity index (χ2n) is 4.80. The van der Waals surface area contributed by atoms with Crippen molar-refractivity contribution in [2.75, 3.05) is 5.75 Å². The molecule has 0 aliphatic rings. The quantitative estimate of drug-likeness (QED) is 0.737. The lowest BCUT2D eigenvalue weighted by Crippen LogP contribution is -2.09. The van der Waals surface area contributed by atoms with Crippen LogP contribution >= 0.6 is 11.8 Å². The van der Waals surface area contributed by atoms with E-state index >= 15 is 0 Å². The van der Waals surface area contributed by atoms with Crippen molar-refractivity contribution in [3.63, 3.8) is 0 Å². The summed E-state index contributed by atoms with van der Waals surface area (Å²) in [6, 6.07) is 15.5. The first-order valence-electron chi connectivity index (χ1n) is 7.00. The Morgan fingerprint density at radius 3 is 2.62 bits per heavy atom. The van der Waals surface area contributed by atoms with Crippen molar-refractivity contribution in [2.45, 2.75) is 18.2 Å². The molecule has 3 aromatic rings. The minimum absolute atomic E-state index is 0.0972. The third kappa shape index (κ3) is 3.00. The molecular weight excluding hydrogens is 280 g/mol. The molecule has 21 heavy (non-hydrogen) atoms. The lowest BCUT2D eigenvalue weighted by Gasteiger charge is -2.04. The minimum Gasteiger partial charge on any atom is -0.306 e. The summed E-state index contributed by atoms with van der Waals surface area (Å²) in [5.41, 5.74) is 1.56. The summed E-state index contributed by atoms with van der Waals surface area (Å²) in [4.78, 5) is 20.7. The van der Waals surface area contributed by atoms with Gasteiger partial charge in [0.1, 0.15) is 5.82 Å². The van der Waals surface area contributed by atoms with Crippen LogP contribution in [0.3, 0.4) is 0 Å². The van der Waals surface area contributed by atoms with Gasteiger partial charge >= 0.3 is 0 Å². The zero-order valence-electron chi connectivity index (χ0n) is 11.8. The molecule has 0 fully saturated rings. The van der Waals surface area contributed by atoms with Crippen LogP contribution in [-0.4, -0.2) is 15.7 Å². The van der Waals surface area contributed by atoms with Gasteiger partial charge in [0.05, 0.1) is 10.9 Å². The van der Waals surface area contributed by atoms with Crippen molar-refractivity contribution in [3.8, 4) is 11.4 Å². The van der Waals surface area contributed by atoms with E-state index in [1.807, 2.05) is 42.1 Å². The third-order valence-corrected chi connectivity index (χ3v) is 4.43. The van der Waals surface area contributed by atoms with Gasteiger partial charge in [-0.05, 0) is 36.4 Å². The molecule has 0 aliphatic heterocycles.